The Bertz CT molecular complexity index is 2710. The predicted molar refractivity (Wildman–Crippen MR) is 314 cm³/mol. The number of hydrogen-bond donors (Lipinski definition) is 6. The van der Waals surface area contributed by atoms with Crippen molar-refractivity contribution in [3.8, 4) is 11.1 Å². The molecule has 0 bridgehead atoms. The second-order valence-corrected chi connectivity index (χ2v) is 24.9. The molecule has 458 valence electrons. The van der Waals surface area contributed by atoms with Gasteiger partial charge in [0.1, 0.15) is 29.1 Å². The molecule has 7 N–H and O–H groups in total. The van der Waals surface area contributed by atoms with Gasteiger partial charge in [-0.2, -0.15) is 8.78 Å². The van der Waals surface area contributed by atoms with E-state index in [1.165, 1.54) is 86.3 Å². The molecule has 5 rings (SSSR count). The fraction of sp³-hybridized carbons (Fsp3) is 0.613. The van der Waals surface area contributed by atoms with Crippen LogP contribution in [-0.2, 0) is 48.9 Å². The first kappa shape index (κ1) is 67.4. The Morgan fingerprint density at radius 3 is 1.92 bits per heavy atom. The monoisotopic (exact) mass is 1180 g/mol. The molecule has 17 nitrogen and oxygen atoms in total. The highest BCUT2D eigenvalue weighted by Crippen LogP contribution is 2.51. The van der Waals surface area contributed by atoms with Crippen LogP contribution in [0.1, 0.15) is 208 Å². The van der Waals surface area contributed by atoms with Crippen LogP contribution in [0.25, 0.3) is 11.1 Å². The summed E-state index contributed by atoms with van der Waals surface area (Å²) < 4.78 is 63.8. The third-order valence-electron chi connectivity index (χ3n) is 14.4. The summed E-state index contributed by atoms with van der Waals surface area (Å²) in [7, 11) is 0. The average Bonchev–Trinajstić information content (AvgIpc) is 2.14. The van der Waals surface area contributed by atoms with E-state index in [-0.39, 0.29) is 77.9 Å². The number of nitrogens with zero attached hydrogens (tertiary/aromatic N) is 1. The van der Waals surface area contributed by atoms with Crippen molar-refractivity contribution in [3.63, 3.8) is 0 Å². The molecule has 1 saturated heterocycles. The lowest BCUT2D eigenvalue weighted by molar-refractivity contribution is -0.159. The smallest absolute Gasteiger partial charge is 0.329 e. The molecule has 0 unspecified atom stereocenters. The van der Waals surface area contributed by atoms with Crippen molar-refractivity contribution in [2.75, 3.05) is 32.8 Å². The van der Waals surface area contributed by atoms with Gasteiger partial charge in [-0.25, -0.2) is 9.18 Å². The van der Waals surface area contributed by atoms with Crippen LogP contribution >= 0.6 is 11.3 Å². The van der Waals surface area contributed by atoms with Gasteiger partial charge >= 0.3 is 11.9 Å². The molecule has 0 spiro atoms. The quantitative estimate of drug-likeness (QED) is 0.0142. The normalized spacial score (nSPS) is 16.9. The van der Waals surface area contributed by atoms with Gasteiger partial charge in [-0.05, 0) is 97.1 Å². The van der Waals surface area contributed by atoms with Gasteiger partial charge in [0.15, 0.2) is 5.67 Å². The van der Waals surface area contributed by atoms with Gasteiger partial charge in [0, 0.05) is 64.7 Å². The molecule has 5 amide bonds. The molecule has 1 aromatic heterocycles. The summed E-state index contributed by atoms with van der Waals surface area (Å²) in [6.45, 7) is 10.5. The topological polar surface area (TPSA) is 248 Å². The van der Waals surface area contributed by atoms with Crippen LogP contribution in [0.15, 0.2) is 53.9 Å². The number of alkyl halides is 3. The van der Waals surface area contributed by atoms with Crippen LogP contribution in [0.4, 0.5) is 13.2 Å². The maximum atomic E-state index is 16.8. The van der Waals surface area contributed by atoms with Crippen LogP contribution in [0.3, 0.4) is 0 Å². The van der Waals surface area contributed by atoms with Crippen LogP contribution in [0.2, 0.25) is 0 Å². The van der Waals surface area contributed by atoms with Gasteiger partial charge in [0.25, 0.3) is 11.8 Å². The number of esters is 2. The molecule has 1 fully saturated rings. The number of thiophene rings is 1. The molecule has 21 heteroatoms. The van der Waals surface area contributed by atoms with Gasteiger partial charge in [-0.3, -0.25) is 34.2 Å². The number of benzene rings is 2. The average molecular weight is 1180 g/mol. The van der Waals surface area contributed by atoms with E-state index in [0.29, 0.717) is 23.3 Å². The summed E-state index contributed by atoms with van der Waals surface area (Å²) >= 11 is 1.25. The summed E-state index contributed by atoms with van der Waals surface area (Å²) in [4.78, 5) is 93.8. The number of carbonyl (C=O) groups is 7. The molecule has 1 aliphatic heterocycles. The SMILES string of the molecule is C[C@@H](NC(=O)[C@@H]1C[C@](F)(COCCNC(=O)CC[C@H](NC(=O)CCCCCCCCCCCCCCCCC(=O)OC(C)(C)C)C(=O)OC(C)(C)C)CN1C(=O)CNC(=O)c1ccc2c(c1)-c1ccccc1C2(F)F)c1cc(C(=N)N)cs1. The standard InChI is InChI=1S/C62H88F3N7O10S/c1-41(50-35-43(38-83-50)55(66)67)70-57(78)49-36-61(63,39-72(49)53(75)37-69-56(77)42-28-29-47-45(34-42)44-24-22-23-25-46(44)62(47,64)65)40-80-33-32-68-51(73)31-30-48(58(79)82-60(5,6)7)71-52(74)26-20-18-16-14-12-10-8-9-11-13-15-17-19-21-27-54(76)81-59(2,3)4/h22-25,28-29,34-35,38,41,48-49H,8-21,26-27,30-33,36-37,39-40H2,1-7H3,(H3,66,67)(H,68,73)(H,69,77)(H,70,78)(H,71,74)/t41-,48+,49+,61-/m1/s1. The Kier molecular flexibility index (Phi) is 25.6. The fourth-order valence-corrected chi connectivity index (χ4v) is 11.1. The Hall–Kier alpha value is -6.35. The lowest BCUT2D eigenvalue weighted by atomic mass is 10.0. The number of unbranched alkanes of at least 4 members (excludes halogenated alkanes) is 13. The summed E-state index contributed by atoms with van der Waals surface area (Å²) in [5, 5.41) is 20.2. The van der Waals surface area contributed by atoms with E-state index in [1.807, 2.05) is 20.8 Å². The predicted octanol–water partition coefficient (Wildman–Crippen LogP) is 10.4. The van der Waals surface area contributed by atoms with Crippen molar-refractivity contribution < 1.29 is 60.9 Å². The number of carbonyl (C=O) groups excluding carboxylic acids is 7. The van der Waals surface area contributed by atoms with Crippen LogP contribution in [-0.4, -0.2) is 114 Å². The van der Waals surface area contributed by atoms with Crippen LogP contribution in [0, 0.1) is 5.41 Å². The molecule has 0 saturated carbocycles. The zero-order valence-electron chi connectivity index (χ0n) is 49.5. The summed E-state index contributed by atoms with van der Waals surface area (Å²) in [5.41, 5.74) is 2.62. The number of nitrogens with two attached hydrogens (primary N) is 1. The minimum Gasteiger partial charge on any atom is -0.460 e. The van der Waals surface area contributed by atoms with Gasteiger partial charge in [-0.1, -0.05) is 107 Å². The van der Waals surface area contributed by atoms with E-state index < -0.39 is 96.6 Å². The molecular formula is C62H88F3N7O10S. The second-order valence-electron chi connectivity index (χ2n) is 24.0. The Balaban J connectivity index is 1.02. The van der Waals surface area contributed by atoms with Crippen molar-refractivity contribution >= 4 is 58.6 Å². The number of amidine groups is 1. The van der Waals surface area contributed by atoms with Crippen molar-refractivity contribution in [2.24, 2.45) is 5.73 Å². The van der Waals surface area contributed by atoms with E-state index in [2.05, 4.69) is 21.3 Å². The minimum atomic E-state index is -3.26. The Morgan fingerprint density at radius 2 is 1.31 bits per heavy atom. The lowest BCUT2D eigenvalue weighted by Crippen LogP contribution is -2.49. The first-order valence-electron chi connectivity index (χ1n) is 29.4. The number of hydrogen-bond acceptors (Lipinski definition) is 12. The molecular weight excluding hydrogens is 1090 g/mol. The van der Waals surface area contributed by atoms with Crippen molar-refractivity contribution in [1.82, 2.24) is 26.2 Å². The maximum absolute atomic E-state index is 16.8. The molecule has 83 heavy (non-hydrogen) atoms. The summed E-state index contributed by atoms with van der Waals surface area (Å²) in [5.74, 6) is -7.18. The number of likely N-dealkylation sites (tertiary alicyclic amines) is 1. The highest BCUT2D eigenvalue weighted by molar-refractivity contribution is 7.10. The first-order chi connectivity index (χ1) is 39.2. The van der Waals surface area contributed by atoms with E-state index in [0.717, 1.165) is 49.8 Å². The number of fused-ring (bicyclic) bond motifs is 3. The maximum Gasteiger partial charge on any atom is 0.329 e. The third-order valence-corrected chi connectivity index (χ3v) is 15.5. The summed E-state index contributed by atoms with van der Waals surface area (Å²) in [6.07, 6.45) is 15.1. The zero-order valence-corrected chi connectivity index (χ0v) is 50.4. The van der Waals surface area contributed by atoms with E-state index in [4.69, 9.17) is 25.4 Å². The molecule has 3 aromatic rings. The van der Waals surface area contributed by atoms with Crippen LogP contribution in [0.5, 0.6) is 0 Å². The van der Waals surface area contributed by atoms with Gasteiger partial charge in [0.05, 0.1) is 32.3 Å². The van der Waals surface area contributed by atoms with Gasteiger partial charge < -0.3 is 46.1 Å². The first-order valence-corrected chi connectivity index (χ1v) is 30.2. The highest BCUT2D eigenvalue weighted by atomic mass is 32.1. The molecule has 2 heterocycles. The molecule has 1 aliphatic carbocycles. The minimum absolute atomic E-state index is 0.0133. The largest absolute Gasteiger partial charge is 0.460 e. The van der Waals surface area contributed by atoms with Crippen molar-refractivity contribution in [3.05, 3.63) is 81.0 Å². The summed E-state index contributed by atoms with van der Waals surface area (Å²) in [6, 6.07) is 8.35. The number of amides is 5. The van der Waals surface area contributed by atoms with Crippen molar-refractivity contribution in [1.29, 1.82) is 5.41 Å². The van der Waals surface area contributed by atoms with E-state index in [9.17, 15) is 33.6 Å². The second kappa shape index (κ2) is 31.5. The zero-order chi connectivity index (χ0) is 61.0. The number of rotatable bonds is 34. The van der Waals surface area contributed by atoms with E-state index >= 15 is 13.2 Å². The third kappa shape index (κ3) is 22.0. The van der Waals surface area contributed by atoms with E-state index in [1.54, 1.807) is 45.2 Å². The number of nitrogens with one attached hydrogen (secondary N) is 5. The van der Waals surface area contributed by atoms with Crippen LogP contribution < -0.4 is 27.0 Å². The number of ether oxygens (including phenoxy) is 3. The molecule has 2 aromatic carbocycles. The highest BCUT2D eigenvalue weighted by Gasteiger charge is 2.50. The van der Waals surface area contributed by atoms with Gasteiger partial charge in [-0.15, -0.1) is 11.3 Å². The van der Waals surface area contributed by atoms with Gasteiger partial charge in [0.2, 0.25) is 23.6 Å². The Morgan fingerprint density at radius 1 is 0.723 bits per heavy atom. The fourth-order valence-electron chi connectivity index (χ4n) is 10.2. The lowest BCUT2D eigenvalue weighted by Gasteiger charge is -2.25. The molecule has 4 atom stereocenters. The number of halogens is 3. The van der Waals surface area contributed by atoms with Crippen molar-refractivity contribution in [2.45, 2.75) is 211 Å². The Labute approximate surface area is 491 Å². The molecule has 2 aliphatic rings. The number of nitrogen functional groups attached to an aromatic ring is 1. The molecule has 0 radical (unpaired) electrons.